The van der Waals surface area contributed by atoms with E-state index in [0.29, 0.717) is 4.32 Å². The standard InChI is InChI=1S/C55H111Br.H3N/c1-4-7-10-13-16-19-22-25-28-31-34-37-40-43-46-49-52-55(56,53-50-47-44-41-38-35-32-29-26-23-20-17-14-11-8-5-2)54-51-48-45-42-39-36-33-30-27-24-21-18-15-12-9-6-3;/h4-54H2,1-3H3;1H3. The summed E-state index contributed by atoms with van der Waals surface area (Å²) in [6, 6.07) is 0. The smallest absolute Gasteiger partial charge is 0.0258 e. The van der Waals surface area contributed by atoms with Crippen LogP contribution in [0.15, 0.2) is 0 Å². The van der Waals surface area contributed by atoms with E-state index in [0.717, 1.165) is 0 Å². The molecule has 0 rings (SSSR count). The molecule has 2 heteroatoms. The highest BCUT2D eigenvalue weighted by Crippen LogP contribution is 2.37. The summed E-state index contributed by atoms with van der Waals surface area (Å²) in [7, 11) is 0. The second kappa shape index (κ2) is 52.6. The largest absolute Gasteiger partial charge is 0.344 e. The highest BCUT2D eigenvalue weighted by Gasteiger charge is 2.25. The minimum atomic E-state index is 0. The van der Waals surface area contributed by atoms with Gasteiger partial charge in [0.2, 0.25) is 0 Å². The van der Waals surface area contributed by atoms with Crippen LogP contribution in [0.25, 0.3) is 0 Å². The molecule has 0 fully saturated rings. The van der Waals surface area contributed by atoms with Crippen LogP contribution in [0, 0.1) is 0 Å². The van der Waals surface area contributed by atoms with Gasteiger partial charge in [0.25, 0.3) is 0 Å². The van der Waals surface area contributed by atoms with Crippen LogP contribution in [0.1, 0.15) is 348 Å². The zero-order valence-corrected chi connectivity index (χ0v) is 42.2. The van der Waals surface area contributed by atoms with Crippen LogP contribution in [0.4, 0.5) is 0 Å². The Morgan fingerprint density at radius 2 is 0.298 bits per heavy atom. The average molecular weight is 869 g/mol. The van der Waals surface area contributed by atoms with E-state index in [2.05, 4.69) is 36.7 Å². The van der Waals surface area contributed by atoms with Crippen molar-refractivity contribution in [3.63, 3.8) is 0 Å². The van der Waals surface area contributed by atoms with E-state index in [1.54, 1.807) is 0 Å². The third kappa shape index (κ3) is 50.7. The summed E-state index contributed by atoms with van der Waals surface area (Å²) in [4.78, 5) is 0. The van der Waals surface area contributed by atoms with Crippen molar-refractivity contribution in [2.24, 2.45) is 0 Å². The molecule has 0 radical (unpaired) electrons. The van der Waals surface area contributed by atoms with Gasteiger partial charge >= 0.3 is 0 Å². The van der Waals surface area contributed by atoms with E-state index in [1.807, 2.05) is 0 Å². The molecule has 3 N–H and O–H groups in total. The monoisotopic (exact) mass is 868 g/mol. The third-order valence-corrected chi connectivity index (χ3v) is 14.6. The zero-order chi connectivity index (χ0) is 40.6. The van der Waals surface area contributed by atoms with Gasteiger partial charge in [-0.15, -0.1) is 0 Å². The molecule has 0 aromatic heterocycles. The number of hydrogen-bond donors (Lipinski definition) is 1. The van der Waals surface area contributed by atoms with Crippen molar-refractivity contribution >= 4 is 15.9 Å². The van der Waals surface area contributed by atoms with Crippen LogP contribution in [-0.2, 0) is 0 Å². The van der Waals surface area contributed by atoms with Crippen LogP contribution in [0.3, 0.4) is 0 Å². The quantitative estimate of drug-likeness (QED) is 0.0480. The van der Waals surface area contributed by atoms with Crippen molar-refractivity contribution in [1.82, 2.24) is 6.15 Å². The molecule has 0 bridgehead atoms. The first-order valence-electron chi connectivity index (χ1n) is 27.4. The van der Waals surface area contributed by atoms with Crippen LogP contribution in [0.5, 0.6) is 0 Å². The maximum atomic E-state index is 4.42. The lowest BCUT2D eigenvalue weighted by Gasteiger charge is -2.28. The molecule has 0 aliphatic rings. The third-order valence-electron chi connectivity index (χ3n) is 13.4. The summed E-state index contributed by atoms with van der Waals surface area (Å²) < 4.78 is 0.426. The lowest BCUT2D eigenvalue weighted by molar-refractivity contribution is 0.409. The van der Waals surface area contributed by atoms with Gasteiger partial charge in [-0.1, -0.05) is 345 Å². The van der Waals surface area contributed by atoms with E-state index < -0.39 is 0 Å². The molecule has 0 aliphatic carbocycles. The molecule has 0 saturated carbocycles. The maximum absolute atomic E-state index is 4.42. The molecule has 0 aromatic carbocycles. The fourth-order valence-corrected chi connectivity index (χ4v) is 10.2. The first kappa shape index (κ1) is 59.5. The molecule has 57 heavy (non-hydrogen) atoms. The number of rotatable bonds is 51. The van der Waals surface area contributed by atoms with Crippen LogP contribution >= 0.6 is 15.9 Å². The molecule has 0 unspecified atom stereocenters. The Kier molecular flexibility index (Phi) is 54.9. The Morgan fingerprint density at radius 3 is 0.421 bits per heavy atom. The van der Waals surface area contributed by atoms with Gasteiger partial charge in [0, 0.05) is 4.32 Å². The van der Waals surface area contributed by atoms with Gasteiger partial charge < -0.3 is 6.15 Å². The molecule has 346 valence electrons. The Morgan fingerprint density at radius 1 is 0.193 bits per heavy atom. The fraction of sp³-hybridized carbons (Fsp3) is 1.00. The first-order chi connectivity index (χ1) is 27.7. The molecule has 0 aromatic rings. The number of unbranched alkanes of at least 4 members (excludes halogenated alkanes) is 45. The minimum absolute atomic E-state index is 0. The van der Waals surface area contributed by atoms with Gasteiger partial charge in [-0.3, -0.25) is 0 Å². The molecule has 0 amide bonds. The summed E-state index contributed by atoms with van der Waals surface area (Å²) in [5, 5.41) is 0. The molecular weight excluding hydrogens is 755 g/mol. The molecule has 1 nitrogen and oxygen atoms in total. The Labute approximate surface area is 372 Å². The average Bonchev–Trinajstić information content (AvgIpc) is 3.20. The summed E-state index contributed by atoms with van der Waals surface area (Å²) in [5.74, 6) is 0. The fourth-order valence-electron chi connectivity index (χ4n) is 9.34. The predicted octanol–water partition coefficient (Wildman–Crippen LogP) is 22.2. The van der Waals surface area contributed by atoms with E-state index in [-0.39, 0.29) is 6.15 Å². The first-order valence-corrected chi connectivity index (χ1v) is 28.2. The summed E-state index contributed by atoms with van der Waals surface area (Å²) in [5.41, 5.74) is 0. The van der Waals surface area contributed by atoms with Gasteiger partial charge in [-0.2, -0.15) is 0 Å². The number of hydrogen-bond acceptors (Lipinski definition) is 1. The highest BCUT2D eigenvalue weighted by atomic mass is 79.9. The van der Waals surface area contributed by atoms with Gasteiger partial charge in [-0.25, -0.2) is 0 Å². The normalized spacial score (nSPS) is 11.8. The maximum Gasteiger partial charge on any atom is 0.0258 e. The van der Waals surface area contributed by atoms with Gasteiger partial charge in [0.05, 0.1) is 0 Å². The number of halogens is 1. The van der Waals surface area contributed by atoms with Crippen LogP contribution in [0.2, 0.25) is 0 Å². The molecular formula is C55H114BrN. The van der Waals surface area contributed by atoms with Crippen molar-refractivity contribution in [1.29, 1.82) is 0 Å². The van der Waals surface area contributed by atoms with E-state index in [1.165, 1.54) is 327 Å². The van der Waals surface area contributed by atoms with E-state index in [4.69, 9.17) is 0 Å². The minimum Gasteiger partial charge on any atom is -0.344 e. The van der Waals surface area contributed by atoms with Crippen LogP contribution < -0.4 is 6.15 Å². The van der Waals surface area contributed by atoms with Gasteiger partial charge in [-0.05, 0) is 19.3 Å². The van der Waals surface area contributed by atoms with E-state index in [9.17, 15) is 0 Å². The Bertz CT molecular complexity index is 589. The lowest BCUT2D eigenvalue weighted by Crippen LogP contribution is -2.21. The zero-order valence-electron chi connectivity index (χ0n) is 40.6. The second-order valence-corrected chi connectivity index (χ2v) is 21.0. The van der Waals surface area contributed by atoms with Crippen molar-refractivity contribution < 1.29 is 0 Å². The molecule has 0 heterocycles. The highest BCUT2D eigenvalue weighted by molar-refractivity contribution is 9.10. The number of alkyl halides is 1. The lowest BCUT2D eigenvalue weighted by atomic mass is 9.89. The van der Waals surface area contributed by atoms with Crippen molar-refractivity contribution in [3.05, 3.63) is 0 Å². The molecule has 0 spiro atoms. The second-order valence-electron chi connectivity index (χ2n) is 19.3. The summed E-state index contributed by atoms with van der Waals surface area (Å²) >= 11 is 4.42. The summed E-state index contributed by atoms with van der Waals surface area (Å²) in [6.45, 7) is 6.96. The van der Waals surface area contributed by atoms with Crippen LogP contribution in [-0.4, -0.2) is 4.32 Å². The Balaban J connectivity index is 0. The molecule has 0 aliphatic heterocycles. The van der Waals surface area contributed by atoms with E-state index >= 15 is 0 Å². The topological polar surface area (TPSA) is 35.0 Å². The SMILES string of the molecule is CCCCCCCCCCCCCCCCCCC(Br)(CCCCCCCCCCCCCCCCCC)CCCCCCCCCCCCCCCCCC.N. The van der Waals surface area contributed by atoms with Gasteiger partial charge in [0.1, 0.15) is 0 Å². The molecule has 0 saturated heterocycles. The summed E-state index contributed by atoms with van der Waals surface area (Å²) in [6.07, 6.45) is 74.7. The predicted molar refractivity (Wildman–Crippen MR) is 269 cm³/mol. The van der Waals surface area contributed by atoms with Crippen molar-refractivity contribution in [2.45, 2.75) is 353 Å². The van der Waals surface area contributed by atoms with Crippen molar-refractivity contribution in [2.75, 3.05) is 0 Å². The molecule has 0 atom stereocenters. The van der Waals surface area contributed by atoms with Crippen molar-refractivity contribution in [3.8, 4) is 0 Å². The Hall–Kier alpha value is 0.440. The van der Waals surface area contributed by atoms with Gasteiger partial charge in [0.15, 0.2) is 0 Å².